The Morgan fingerprint density at radius 3 is 2.65 bits per heavy atom. The quantitative estimate of drug-likeness (QED) is 0.862. The van der Waals surface area contributed by atoms with Crippen LogP contribution in [0.3, 0.4) is 0 Å². The van der Waals surface area contributed by atoms with Crippen LogP contribution in [0.4, 0.5) is 5.88 Å². The summed E-state index contributed by atoms with van der Waals surface area (Å²) in [5.41, 5.74) is 2.15. The summed E-state index contributed by atoms with van der Waals surface area (Å²) in [5.74, 6) is 0.620. The van der Waals surface area contributed by atoms with Gasteiger partial charge in [0.1, 0.15) is 5.75 Å². The summed E-state index contributed by atoms with van der Waals surface area (Å²) in [6.07, 6.45) is 1.91. The lowest BCUT2D eigenvalue weighted by atomic mass is 9.81. The molecule has 5 nitrogen and oxygen atoms in total. The number of anilines is 1. The minimum Gasteiger partial charge on any atom is -0.496 e. The maximum absolute atomic E-state index is 12.5. The molecule has 0 atom stereocenters. The van der Waals surface area contributed by atoms with E-state index in [-0.39, 0.29) is 11.3 Å². The molecule has 124 valence electrons. The van der Waals surface area contributed by atoms with Gasteiger partial charge in [-0.1, -0.05) is 38.1 Å². The molecule has 0 fully saturated rings. The van der Waals surface area contributed by atoms with Crippen LogP contribution >= 0.6 is 0 Å². The van der Waals surface area contributed by atoms with Crippen LogP contribution in [0.15, 0.2) is 28.8 Å². The maximum atomic E-state index is 12.5. The lowest BCUT2D eigenvalue weighted by Gasteiger charge is -2.22. The monoisotopic (exact) mass is 316 g/mol. The normalized spacial score (nSPS) is 11.3. The highest BCUT2D eigenvalue weighted by Crippen LogP contribution is 2.32. The molecule has 0 aliphatic heterocycles. The zero-order valence-corrected chi connectivity index (χ0v) is 14.4. The van der Waals surface area contributed by atoms with Crippen molar-refractivity contribution in [2.45, 2.75) is 46.0 Å². The molecule has 2 aromatic rings. The maximum Gasteiger partial charge on any atom is 0.262 e. The van der Waals surface area contributed by atoms with Crippen LogP contribution in [-0.2, 0) is 5.41 Å². The van der Waals surface area contributed by atoms with E-state index in [1.54, 1.807) is 19.2 Å². The zero-order chi connectivity index (χ0) is 17.0. The number of carbonyl (C=O) groups excluding carboxylic acids is 1. The van der Waals surface area contributed by atoms with E-state index >= 15 is 0 Å². The Balaban J connectivity index is 2.24. The van der Waals surface area contributed by atoms with Crippen molar-refractivity contribution in [1.82, 2.24) is 5.16 Å². The molecule has 0 aliphatic rings. The fraction of sp³-hybridized carbons (Fsp3) is 0.444. The minimum absolute atomic E-state index is 0.0488. The number of ether oxygens (including phenoxy) is 1. The van der Waals surface area contributed by atoms with E-state index in [9.17, 15) is 4.79 Å². The number of nitrogens with zero attached hydrogens (tertiary/aromatic N) is 1. The Morgan fingerprint density at radius 1 is 1.35 bits per heavy atom. The number of carbonyl (C=O) groups is 1. The van der Waals surface area contributed by atoms with E-state index in [1.165, 1.54) is 0 Å². The molecule has 0 spiro atoms. The molecule has 1 N–H and O–H groups in total. The van der Waals surface area contributed by atoms with Gasteiger partial charge in [-0.3, -0.25) is 10.1 Å². The molecule has 0 bridgehead atoms. The number of rotatable bonds is 6. The molecule has 0 saturated heterocycles. The average Bonchev–Trinajstić information content (AvgIpc) is 3.02. The van der Waals surface area contributed by atoms with Crippen LogP contribution in [0, 0.1) is 6.92 Å². The molecule has 0 saturated carbocycles. The molecule has 1 aromatic carbocycles. The first-order valence-corrected chi connectivity index (χ1v) is 7.87. The number of aromatic nitrogens is 1. The third-order valence-corrected chi connectivity index (χ3v) is 4.61. The molecule has 0 unspecified atom stereocenters. The van der Waals surface area contributed by atoms with Gasteiger partial charge in [0.25, 0.3) is 5.91 Å². The van der Waals surface area contributed by atoms with Gasteiger partial charge in [-0.25, -0.2) is 0 Å². The van der Waals surface area contributed by atoms with Crippen LogP contribution in [0.1, 0.15) is 55.2 Å². The standard InChI is InChI=1S/C18H24N2O3/c1-6-18(4,7-2)14-11-15(23-20-14)19-17(21)16-12(3)9-8-10-13(16)22-5/h8-11H,6-7H2,1-5H3,(H,19,21). The number of aryl methyl sites for hydroxylation is 1. The first-order chi connectivity index (χ1) is 10.9. The first-order valence-electron chi connectivity index (χ1n) is 7.87. The van der Waals surface area contributed by atoms with Gasteiger partial charge in [0.05, 0.1) is 18.4 Å². The number of amides is 1. The number of hydrogen-bond donors (Lipinski definition) is 1. The van der Waals surface area contributed by atoms with Crippen molar-refractivity contribution in [3.05, 3.63) is 41.1 Å². The summed E-state index contributed by atoms with van der Waals surface area (Å²) < 4.78 is 10.6. The van der Waals surface area contributed by atoms with Gasteiger partial charge in [-0.05, 0) is 31.4 Å². The third kappa shape index (κ3) is 3.38. The van der Waals surface area contributed by atoms with Crippen LogP contribution < -0.4 is 10.1 Å². The van der Waals surface area contributed by atoms with Crippen molar-refractivity contribution in [2.24, 2.45) is 0 Å². The highest BCUT2D eigenvalue weighted by molar-refractivity contribution is 6.06. The second-order valence-electron chi connectivity index (χ2n) is 5.95. The van der Waals surface area contributed by atoms with Crippen LogP contribution in [-0.4, -0.2) is 18.2 Å². The highest BCUT2D eigenvalue weighted by Gasteiger charge is 2.27. The van der Waals surface area contributed by atoms with Gasteiger partial charge in [-0.2, -0.15) is 0 Å². The molecule has 23 heavy (non-hydrogen) atoms. The topological polar surface area (TPSA) is 64.4 Å². The van der Waals surface area contributed by atoms with Gasteiger partial charge < -0.3 is 9.26 Å². The van der Waals surface area contributed by atoms with E-state index in [0.29, 0.717) is 17.2 Å². The van der Waals surface area contributed by atoms with Crippen molar-refractivity contribution >= 4 is 11.8 Å². The smallest absolute Gasteiger partial charge is 0.262 e. The number of methoxy groups -OCH3 is 1. The average molecular weight is 316 g/mol. The molecule has 1 heterocycles. The van der Waals surface area contributed by atoms with Gasteiger partial charge in [-0.15, -0.1) is 0 Å². The third-order valence-electron chi connectivity index (χ3n) is 4.61. The number of nitrogens with one attached hydrogen (secondary N) is 1. The first kappa shape index (κ1) is 17.1. The minimum atomic E-state index is -0.266. The van der Waals surface area contributed by atoms with Gasteiger partial charge in [0.15, 0.2) is 0 Å². The fourth-order valence-corrected chi connectivity index (χ4v) is 2.51. The summed E-state index contributed by atoms with van der Waals surface area (Å²) in [4.78, 5) is 12.5. The summed E-state index contributed by atoms with van der Waals surface area (Å²) in [5, 5.41) is 6.89. The fourth-order valence-electron chi connectivity index (χ4n) is 2.51. The molecule has 0 radical (unpaired) electrons. The van der Waals surface area contributed by atoms with Crippen LogP contribution in [0.5, 0.6) is 5.75 Å². The Hall–Kier alpha value is -2.30. The predicted molar refractivity (Wildman–Crippen MR) is 90.1 cm³/mol. The van der Waals surface area contributed by atoms with Crippen LogP contribution in [0.2, 0.25) is 0 Å². The van der Waals surface area contributed by atoms with Gasteiger partial charge in [0, 0.05) is 11.5 Å². The Morgan fingerprint density at radius 2 is 2.04 bits per heavy atom. The lowest BCUT2D eigenvalue weighted by Crippen LogP contribution is -2.19. The Kier molecular flexibility index (Phi) is 5.08. The molecular formula is C18H24N2O3. The van der Waals surface area contributed by atoms with Crippen molar-refractivity contribution < 1.29 is 14.1 Å². The van der Waals surface area contributed by atoms with E-state index in [1.807, 2.05) is 19.1 Å². The lowest BCUT2D eigenvalue weighted by molar-refractivity contribution is 0.102. The number of hydrogen-bond acceptors (Lipinski definition) is 4. The summed E-state index contributed by atoms with van der Waals surface area (Å²) in [6, 6.07) is 7.29. The van der Waals surface area contributed by atoms with E-state index in [2.05, 4.69) is 31.2 Å². The molecule has 0 aliphatic carbocycles. The highest BCUT2D eigenvalue weighted by atomic mass is 16.5. The zero-order valence-electron chi connectivity index (χ0n) is 14.4. The molecule has 1 aromatic heterocycles. The Bertz CT molecular complexity index is 687. The van der Waals surface area contributed by atoms with Gasteiger partial charge in [0.2, 0.25) is 5.88 Å². The van der Waals surface area contributed by atoms with Crippen molar-refractivity contribution in [3.63, 3.8) is 0 Å². The predicted octanol–water partition coefficient (Wildman–Crippen LogP) is 4.32. The second kappa shape index (κ2) is 6.86. The van der Waals surface area contributed by atoms with E-state index in [4.69, 9.17) is 9.26 Å². The number of benzene rings is 1. The summed E-state index contributed by atoms with van der Waals surface area (Å²) >= 11 is 0. The summed E-state index contributed by atoms with van der Waals surface area (Å²) in [6.45, 7) is 8.25. The SMILES string of the molecule is CCC(C)(CC)c1cc(NC(=O)c2c(C)cccc2OC)on1. The van der Waals surface area contributed by atoms with Crippen molar-refractivity contribution in [1.29, 1.82) is 0 Å². The van der Waals surface area contributed by atoms with Crippen molar-refractivity contribution in [3.8, 4) is 5.75 Å². The summed E-state index contributed by atoms with van der Waals surface area (Å²) in [7, 11) is 1.55. The molecule has 2 rings (SSSR count). The van der Waals surface area contributed by atoms with E-state index < -0.39 is 0 Å². The largest absolute Gasteiger partial charge is 0.496 e. The van der Waals surface area contributed by atoms with E-state index in [0.717, 1.165) is 24.1 Å². The molecule has 5 heteroatoms. The second-order valence-corrected chi connectivity index (χ2v) is 5.95. The van der Waals surface area contributed by atoms with Gasteiger partial charge >= 0.3 is 0 Å². The Labute approximate surface area is 137 Å². The van der Waals surface area contributed by atoms with Crippen LogP contribution in [0.25, 0.3) is 0 Å². The molecule has 1 amide bonds. The van der Waals surface area contributed by atoms with Crippen molar-refractivity contribution in [2.75, 3.05) is 12.4 Å². The molecular weight excluding hydrogens is 292 g/mol.